The van der Waals surface area contributed by atoms with Crippen LogP contribution in [0.4, 0.5) is 0 Å². The molecule has 0 aliphatic carbocycles. The van der Waals surface area contributed by atoms with E-state index in [-0.39, 0.29) is 11.8 Å². The van der Waals surface area contributed by atoms with E-state index < -0.39 is 0 Å². The first kappa shape index (κ1) is 17.8. The Balaban J connectivity index is 1.36. The minimum atomic E-state index is -0.0306. The number of nitrogens with one attached hydrogen (secondary N) is 1. The van der Waals surface area contributed by atoms with E-state index in [0.29, 0.717) is 24.6 Å². The lowest BCUT2D eigenvalue weighted by atomic mass is 9.93. The summed E-state index contributed by atoms with van der Waals surface area (Å²) in [7, 11) is 0. The Bertz CT molecular complexity index is 832. The van der Waals surface area contributed by atoms with E-state index in [2.05, 4.69) is 17.3 Å². The molecule has 0 radical (unpaired) electrons. The molecule has 2 aliphatic rings. The number of nitrogens with zero attached hydrogens (tertiary/aromatic N) is 3. The second-order valence-corrected chi connectivity index (χ2v) is 7.60. The van der Waals surface area contributed by atoms with Gasteiger partial charge in [0.1, 0.15) is 5.69 Å². The highest BCUT2D eigenvalue weighted by Gasteiger charge is 2.27. The number of rotatable bonds is 3. The molecule has 1 aromatic heterocycles. The fourth-order valence-corrected chi connectivity index (χ4v) is 3.93. The van der Waals surface area contributed by atoms with E-state index >= 15 is 0 Å². The van der Waals surface area contributed by atoms with Crippen molar-refractivity contribution in [2.24, 2.45) is 0 Å². The number of piperidine rings is 1. The molecule has 6 nitrogen and oxygen atoms in total. The average Bonchev–Trinajstić information content (AvgIpc) is 3.04. The molecule has 0 bridgehead atoms. The van der Waals surface area contributed by atoms with Crippen LogP contribution in [-0.4, -0.2) is 46.1 Å². The van der Waals surface area contributed by atoms with Crippen LogP contribution in [0, 0.1) is 6.92 Å². The molecule has 142 valence electrons. The van der Waals surface area contributed by atoms with Crippen molar-refractivity contribution in [3.63, 3.8) is 0 Å². The topological polar surface area (TPSA) is 67.2 Å². The summed E-state index contributed by atoms with van der Waals surface area (Å²) in [5, 5.41) is 7.60. The SMILES string of the molecule is Cc1ccc(CC(=O)N2CCC(c3cc4n(n3)CCCNC4=O)CC2)cc1. The number of aromatic nitrogens is 2. The minimum Gasteiger partial charge on any atom is -0.351 e. The van der Waals surface area contributed by atoms with Crippen molar-refractivity contribution in [2.75, 3.05) is 19.6 Å². The molecule has 1 fully saturated rings. The van der Waals surface area contributed by atoms with Gasteiger partial charge in [0.2, 0.25) is 5.91 Å². The molecule has 0 unspecified atom stereocenters. The highest BCUT2D eigenvalue weighted by Crippen LogP contribution is 2.28. The van der Waals surface area contributed by atoms with E-state index in [1.54, 1.807) is 0 Å². The van der Waals surface area contributed by atoms with Gasteiger partial charge in [-0.15, -0.1) is 0 Å². The van der Waals surface area contributed by atoms with Gasteiger partial charge in [0, 0.05) is 32.1 Å². The Labute approximate surface area is 159 Å². The van der Waals surface area contributed by atoms with Crippen LogP contribution in [0.25, 0.3) is 0 Å². The van der Waals surface area contributed by atoms with E-state index in [4.69, 9.17) is 0 Å². The molecule has 3 heterocycles. The van der Waals surface area contributed by atoms with Gasteiger partial charge >= 0.3 is 0 Å². The van der Waals surface area contributed by atoms with Gasteiger partial charge in [-0.3, -0.25) is 14.3 Å². The van der Waals surface area contributed by atoms with Gasteiger partial charge in [-0.05, 0) is 37.8 Å². The summed E-state index contributed by atoms with van der Waals surface area (Å²) in [6, 6.07) is 10.1. The van der Waals surface area contributed by atoms with Crippen molar-refractivity contribution >= 4 is 11.8 Å². The Morgan fingerprint density at radius 3 is 2.67 bits per heavy atom. The Morgan fingerprint density at radius 1 is 1.19 bits per heavy atom. The van der Waals surface area contributed by atoms with Crippen LogP contribution < -0.4 is 5.32 Å². The molecule has 2 amide bonds. The number of likely N-dealkylation sites (tertiary alicyclic amines) is 1. The molecule has 1 saturated heterocycles. The van der Waals surface area contributed by atoms with Gasteiger partial charge in [0.25, 0.3) is 5.91 Å². The minimum absolute atomic E-state index is 0.0306. The second-order valence-electron chi connectivity index (χ2n) is 7.60. The first-order valence-electron chi connectivity index (χ1n) is 9.79. The van der Waals surface area contributed by atoms with Crippen molar-refractivity contribution in [3.8, 4) is 0 Å². The molecular weight excluding hydrogens is 340 g/mol. The molecule has 4 rings (SSSR count). The highest BCUT2D eigenvalue weighted by atomic mass is 16.2. The van der Waals surface area contributed by atoms with Crippen molar-refractivity contribution in [3.05, 3.63) is 52.8 Å². The van der Waals surface area contributed by atoms with Crippen molar-refractivity contribution in [2.45, 2.75) is 45.1 Å². The molecule has 1 N–H and O–H groups in total. The highest BCUT2D eigenvalue weighted by molar-refractivity contribution is 5.92. The summed E-state index contributed by atoms with van der Waals surface area (Å²) < 4.78 is 1.84. The zero-order valence-corrected chi connectivity index (χ0v) is 15.8. The van der Waals surface area contributed by atoms with Crippen LogP contribution in [0.5, 0.6) is 0 Å². The first-order valence-corrected chi connectivity index (χ1v) is 9.79. The normalized spacial score (nSPS) is 18.0. The van der Waals surface area contributed by atoms with E-state index in [1.165, 1.54) is 5.56 Å². The Morgan fingerprint density at radius 2 is 1.93 bits per heavy atom. The summed E-state index contributed by atoms with van der Waals surface area (Å²) in [5.74, 6) is 0.481. The number of carbonyl (C=O) groups is 2. The summed E-state index contributed by atoms with van der Waals surface area (Å²) in [6.45, 7) is 5.05. The van der Waals surface area contributed by atoms with Crippen molar-refractivity contribution < 1.29 is 9.59 Å². The average molecular weight is 366 g/mol. The maximum atomic E-state index is 12.6. The molecule has 0 saturated carbocycles. The molecule has 2 aromatic rings. The van der Waals surface area contributed by atoms with Crippen LogP contribution in [0.1, 0.15) is 52.5 Å². The number of carbonyl (C=O) groups excluding carboxylic acids is 2. The number of aryl methyl sites for hydroxylation is 2. The zero-order chi connectivity index (χ0) is 18.8. The first-order chi connectivity index (χ1) is 13.1. The van der Waals surface area contributed by atoms with Crippen LogP contribution >= 0.6 is 0 Å². The third-order valence-corrected chi connectivity index (χ3v) is 5.61. The number of fused-ring (bicyclic) bond motifs is 1. The Kier molecular flexibility index (Phi) is 4.97. The van der Waals surface area contributed by atoms with Crippen LogP contribution in [0.3, 0.4) is 0 Å². The van der Waals surface area contributed by atoms with Crippen LogP contribution in [0.2, 0.25) is 0 Å². The van der Waals surface area contributed by atoms with Crippen molar-refractivity contribution in [1.29, 1.82) is 0 Å². The summed E-state index contributed by atoms with van der Waals surface area (Å²) in [4.78, 5) is 26.7. The fourth-order valence-electron chi connectivity index (χ4n) is 3.93. The summed E-state index contributed by atoms with van der Waals surface area (Å²) >= 11 is 0. The number of benzene rings is 1. The molecule has 6 heteroatoms. The molecule has 27 heavy (non-hydrogen) atoms. The van der Waals surface area contributed by atoms with Crippen LogP contribution in [0.15, 0.2) is 30.3 Å². The quantitative estimate of drug-likeness (QED) is 0.906. The number of hydrogen-bond donors (Lipinski definition) is 1. The standard InChI is InChI=1S/C21H26N4O2/c1-15-3-5-16(6-4-15)13-20(26)24-11-7-17(8-12-24)18-14-19-21(27)22-9-2-10-25(19)23-18/h3-6,14,17H,2,7-13H2,1H3,(H,22,27). The largest absolute Gasteiger partial charge is 0.351 e. The molecule has 0 spiro atoms. The summed E-state index contributed by atoms with van der Waals surface area (Å²) in [5.41, 5.74) is 3.93. The summed E-state index contributed by atoms with van der Waals surface area (Å²) in [6.07, 6.45) is 3.17. The zero-order valence-electron chi connectivity index (χ0n) is 15.8. The molecule has 1 aromatic carbocycles. The van der Waals surface area contributed by atoms with E-state index in [9.17, 15) is 9.59 Å². The smallest absolute Gasteiger partial charge is 0.269 e. The third-order valence-electron chi connectivity index (χ3n) is 5.61. The molecule has 2 aliphatic heterocycles. The number of amides is 2. The van der Waals surface area contributed by atoms with Gasteiger partial charge in [0.15, 0.2) is 0 Å². The van der Waals surface area contributed by atoms with Gasteiger partial charge in [-0.2, -0.15) is 5.10 Å². The predicted molar refractivity (Wildman–Crippen MR) is 103 cm³/mol. The third kappa shape index (κ3) is 3.89. The lowest BCUT2D eigenvalue weighted by Crippen LogP contribution is -2.38. The monoisotopic (exact) mass is 366 g/mol. The van der Waals surface area contributed by atoms with Gasteiger partial charge < -0.3 is 10.2 Å². The van der Waals surface area contributed by atoms with E-state index in [1.807, 2.05) is 39.9 Å². The van der Waals surface area contributed by atoms with Crippen molar-refractivity contribution in [1.82, 2.24) is 20.0 Å². The maximum absolute atomic E-state index is 12.6. The second kappa shape index (κ2) is 7.55. The van der Waals surface area contributed by atoms with Gasteiger partial charge in [0.05, 0.1) is 12.1 Å². The van der Waals surface area contributed by atoms with Crippen LogP contribution in [-0.2, 0) is 17.8 Å². The lowest BCUT2D eigenvalue weighted by molar-refractivity contribution is -0.131. The lowest BCUT2D eigenvalue weighted by Gasteiger charge is -2.31. The Hall–Kier alpha value is -2.63. The van der Waals surface area contributed by atoms with Gasteiger partial charge in [-0.1, -0.05) is 29.8 Å². The molecular formula is C21H26N4O2. The fraction of sp³-hybridized carbons (Fsp3) is 0.476. The number of hydrogen-bond acceptors (Lipinski definition) is 3. The van der Waals surface area contributed by atoms with E-state index in [0.717, 1.165) is 50.2 Å². The molecule has 0 atom stereocenters. The predicted octanol–water partition coefficient (Wildman–Crippen LogP) is 2.27. The maximum Gasteiger partial charge on any atom is 0.269 e. The van der Waals surface area contributed by atoms with Gasteiger partial charge in [-0.25, -0.2) is 0 Å².